The van der Waals surface area contributed by atoms with Crippen molar-refractivity contribution in [1.29, 1.82) is 0 Å². The summed E-state index contributed by atoms with van der Waals surface area (Å²) in [4.78, 5) is 0. The lowest BCUT2D eigenvalue weighted by Crippen LogP contribution is -2.59. The molecule has 3 unspecified atom stereocenters. The number of hydrogen-bond acceptors (Lipinski definition) is 2. The lowest BCUT2D eigenvalue weighted by Gasteiger charge is -2.55. The van der Waals surface area contributed by atoms with Crippen LogP contribution in [-0.2, 0) is 0 Å². The van der Waals surface area contributed by atoms with Crippen molar-refractivity contribution < 1.29 is 5.11 Å². The Labute approximate surface area is 112 Å². The fraction of sp³-hybridized carbons (Fsp3) is 1.00. The molecule has 0 aliphatic heterocycles. The standard InChI is InChI=1S/C16H31NO/c1-12-4-7-15(11-17,8-5-12)16(18)9-6-13(2)10-14(16)3/h12-14,18H,4-11,17H2,1-3H3. The van der Waals surface area contributed by atoms with Crippen LogP contribution in [0.1, 0.15) is 65.7 Å². The highest BCUT2D eigenvalue weighted by Crippen LogP contribution is 2.54. The van der Waals surface area contributed by atoms with Crippen LogP contribution in [0.2, 0.25) is 0 Å². The quantitative estimate of drug-likeness (QED) is 0.793. The molecule has 3 N–H and O–H groups in total. The van der Waals surface area contributed by atoms with Crippen LogP contribution in [0.3, 0.4) is 0 Å². The minimum absolute atomic E-state index is 0.000926. The Kier molecular flexibility index (Phi) is 4.08. The molecule has 2 fully saturated rings. The molecule has 0 spiro atoms. The first-order chi connectivity index (χ1) is 8.43. The van der Waals surface area contributed by atoms with Crippen molar-refractivity contribution in [2.45, 2.75) is 71.3 Å². The van der Waals surface area contributed by atoms with Crippen LogP contribution in [-0.4, -0.2) is 17.3 Å². The maximum atomic E-state index is 11.3. The summed E-state index contributed by atoms with van der Waals surface area (Å²) in [5, 5.41) is 11.3. The predicted octanol–water partition coefficient (Wildman–Crippen LogP) is 3.33. The smallest absolute Gasteiger partial charge is 0.0741 e. The molecule has 106 valence electrons. The van der Waals surface area contributed by atoms with Gasteiger partial charge in [-0.2, -0.15) is 0 Å². The average Bonchev–Trinajstić information content (AvgIpc) is 2.36. The minimum Gasteiger partial charge on any atom is -0.389 e. The SMILES string of the molecule is CC1CCC(CN)(C2(O)CCC(C)CC2C)CC1. The maximum Gasteiger partial charge on any atom is 0.0741 e. The lowest BCUT2D eigenvalue weighted by molar-refractivity contribution is -0.162. The third-order valence-corrected chi connectivity index (χ3v) is 6.13. The Morgan fingerprint density at radius 3 is 2.06 bits per heavy atom. The zero-order valence-corrected chi connectivity index (χ0v) is 12.4. The van der Waals surface area contributed by atoms with Crippen LogP contribution in [0, 0.1) is 23.2 Å². The molecule has 2 aliphatic rings. The van der Waals surface area contributed by atoms with Crippen molar-refractivity contribution >= 4 is 0 Å². The Morgan fingerprint density at radius 1 is 1.00 bits per heavy atom. The molecule has 0 bridgehead atoms. The molecular weight excluding hydrogens is 222 g/mol. The number of rotatable bonds is 2. The molecule has 0 heterocycles. The topological polar surface area (TPSA) is 46.2 Å². The molecular formula is C16H31NO. The average molecular weight is 253 g/mol. The number of hydrogen-bond donors (Lipinski definition) is 2. The van der Waals surface area contributed by atoms with Crippen molar-refractivity contribution in [3.05, 3.63) is 0 Å². The van der Waals surface area contributed by atoms with E-state index in [9.17, 15) is 5.11 Å². The Hall–Kier alpha value is -0.0800. The van der Waals surface area contributed by atoms with Crippen LogP contribution < -0.4 is 5.73 Å². The molecule has 2 nitrogen and oxygen atoms in total. The summed E-state index contributed by atoms with van der Waals surface area (Å²) in [6.07, 6.45) is 8.01. The predicted molar refractivity (Wildman–Crippen MR) is 76.2 cm³/mol. The van der Waals surface area contributed by atoms with Crippen LogP contribution in [0.4, 0.5) is 0 Å². The van der Waals surface area contributed by atoms with Crippen LogP contribution in [0.5, 0.6) is 0 Å². The van der Waals surface area contributed by atoms with E-state index in [2.05, 4.69) is 20.8 Å². The first-order valence-corrected chi connectivity index (χ1v) is 7.86. The third kappa shape index (κ3) is 2.22. The molecule has 0 saturated heterocycles. The molecule has 2 saturated carbocycles. The van der Waals surface area contributed by atoms with Gasteiger partial charge in [0, 0.05) is 12.0 Å². The summed E-state index contributed by atoms with van der Waals surface area (Å²) in [6.45, 7) is 7.55. The van der Waals surface area contributed by atoms with Gasteiger partial charge in [-0.1, -0.05) is 33.6 Å². The highest BCUT2D eigenvalue weighted by Gasteiger charge is 2.54. The van der Waals surface area contributed by atoms with Crippen LogP contribution in [0.25, 0.3) is 0 Å². The summed E-state index contributed by atoms with van der Waals surface area (Å²) in [5.74, 6) is 1.97. The zero-order valence-electron chi connectivity index (χ0n) is 12.4. The second-order valence-electron chi connectivity index (χ2n) is 7.37. The van der Waals surface area contributed by atoms with Gasteiger partial charge in [0.2, 0.25) is 0 Å². The summed E-state index contributed by atoms with van der Waals surface area (Å²) in [7, 11) is 0. The van der Waals surface area contributed by atoms with E-state index >= 15 is 0 Å². The Balaban J connectivity index is 2.20. The van der Waals surface area contributed by atoms with Crippen molar-refractivity contribution in [3.63, 3.8) is 0 Å². The summed E-state index contributed by atoms with van der Waals surface area (Å²) in [6, 6.07) is 0. The van der Waals surface area contributed by atoms with Crippen LogP contribution >= 0.6 is 0 Å². The van der Waals surface area contributed by atoms with Crippen molar-refractivity contribution in [2.24, 2.45) is 28.9 Å². The normalized spacial score (nSPS) is 50.2. The second kappa shape index (κ2) is 5.13. The monoisotopic (exact) mass is 253 g/mol. The van der Waals surface area contributed by atoms with Crippen molar-refractivity contribution in [2.75, 3.05) is 6.54 Å². The van der Waals surface area contributed by atoms with Gasteiger partial charge in [0.1, 0.15) is 0 Å². The van der Waals surface area contributed by atoms with Gasteiger partial charge in [-0.15, -0.1) is 0 Å². The molecule has 2 rings (SSSR count). The van der Waals surface area contributed by atoms with Gasteiger partial charge in [-0.25, -0.2) is 0 Å². The Morgan fingerprint density at radius 2 is 1.56 bits per heavy atom. The van der Waals surface area contributed by atoms with Crippen molar-refractivity contribution in [1.82, 2.24) is 0 Å². The van der Waals surface area contributed by atoms with Gasteiger partial charge in [0.15, 0.2) is 0 Å². The fourth-order valence-electron chi connectivity index (χ4n) is 4.55. The van der Waals surface area contributed by atoms with Gasteiger partial charge in [0.05, 0.1) is 5.60 Å². The third-order valence-electron chi connectivity index (χ3n) is 6.13. The van der Waals surface area contributed by atoms with E-state index in [1.165, 1.54) is 12.8 Å². The molecule has 0 radical (unpaired) electrons. The van der Waals surface area contributed by atoms with Gasteiger partial charge in [-0.05, 0) is 49.9 Å². The Bertz CT molecular complexity index is 277. The first-order valence-electron chi connectivity index (χ1n) is 7.86. The molecule has 0 aromatic carbocycles. The van der Waals surface area contributed by atoms with Gasteiger partial charge >= 0.3 is 0 Å². The molecule has 0 amide bonds. The maximum absolute atomic E-state index is 11.3. The summed E-state index contributed by atoms with van der Waals surface area (Å²) in [5.41, 5.74) is 5.63. The number of nitrogens with two attached hydrogens (primary N) is 1. The first kappa shape index (κ1) is 14.3. The van der Waals surface area contributed by atoms with Gasteiger partial charge in [0.25, 0.3) is 0 Å². The molecule has 2 heteroatoms. The summed E-state index contributed by atoms with van der Waals surface area (Å²) < 4.78 is 0. The van der Waals surface area contributed by atoms with E-state index < -0.39 is 5.60 Å². The van der Waals surface area contributed by atoms with E-state index in [0.717, 1.165) is 43.9 Å². The van der Waals surface area contributed by atoms with E-state index in [1.807, 2.05) is 0 Å². The van der Waals surface area contributed by atoms with E-state index in [0.29, 0.717) is 12.5 Å². The highest BCUT2D eigenvalue weighted by molar-refractivity contribution is 5.06. The van der Waals surface area contributed by atoms with Crippen molar-refractivity contribution in [3.8, 4) is 0 Å². The second-order valence-corrected chi connectivity index (χ2v) is 7.37. The molecule has 0 aromatic heterocycles. The molecule has 0 aromatic rings. The van der Waals surface area contributed by atoms with Gasteiger partial charge < -0.3 is 10.8 Å². The largest absolute Gasteiger partial charge is 0.389 e. The highest BCUT2D eigenvalue weighted by atomic mass is 16.3. The molecule has 3 atom stereocenters. The van der Waals surface area contributed by atoms with E-state index in [1.54, 1.807) is 0 Å². The molecule has 18 heavy (non-hydrogen) atoms. The molecule has 2 aliphatic carbocycles. The van der Waals surface area contributed by atoms with E-state index in [4.69, 9.17) is 5.73 Å². The van der Waals surface area contributed by atoms with E-state index in [-0.39, 0.29) is 5.41 Å². The van der Waals surface area contributed by atoms with Crippen LogP contribution in [0.15, 0.2) is 0 Å². The van der Waals surface area contributed by atoms with Gasteiger partial charge in [-0.3, -0.25) is 0 Å². The lowest BCUT2D eigenvalue weighted by atomic mass is 9.53. The minimum atomic E-state index is -0.506. The number of aliphatic hydroxyl groups is 1. The summed E-state index contributed by atoms with van der Waals surface area (Å²) >= 11 is 0. The fourth-order valence-corrected chi connectivity index (χ4v) is 4.55. The zero-order chi connectivity index (χ0) is 13.4.